The van der Waals surface area contributed by atoms with Crippen molar-refractivity contribution < 1.29 is 29.7 Å². The molecule has 0 aromatic heterocycles. The van der Waals surface area contributed by atoms with E-state index in [0.29, 0.717) is 18.4 Å². The van der Waals surface area contributed by atoms with Gasteiger partial charge in [0.05, 0.1) is 17.8 Å². The van der Waals surface area contributed by atoms with E-state index in [-0.39, 0.29) is 30.3 Å². The van der Waals surface area contributed by atoms with Crippen molar-refractivity contribution in [2.45, 2.75) is 126 Å². The fraction of sp³-hybridized carbons (Fsp3) is 0.633. The summed E-state index contributed by atoms with van der Waals surface area (Å²) in [6.45, 7) is 2.24. The van der Waals surface area contributed by atoms with Gasteiger partial charge in [-0.15, -0.1) is 11.8 Å². The number of aliphatic carboxylic acids is 2. The zero-order chi connectivity index (χ0) is 27.3. The predicted molar refractivity (Wildman–Crippen MR) is 150 cm³/mol. The summed E-state index contributed by atoms with van der Waals surface area (Å²) in [4.78, 5) is 34.6. The highest BCUT2D eigenvalue weighted by Crippen LogP contribution is 2.29. The molecule has 0 unspecified atom stereocenters. The molecule has 6 nitrogen and oxygen atoms in total. The van der Waals surface area contributed by atoms with Crippen molar-refractivity contribution in [1.82, 2.24) is 0 Å². The summed E-state index contributed by atoms with van der Waals surface area (Å²) in [7, 11) is 0. The average molecular weight is 535 g/mol. The lowest BCUT2D eigenvalue weighted by atomic mass is 10.1. The molecular weight excluding hydrogens is 488 g/mol. The van der Waals surface area contributed by atoms with E-state index >= 15 is 0 Å². The SMILES string of the molecule is CCCCCCCCCCCCC=C[C@@H](Sc1ccc(C(=O)CCC(=O)O)cc1)[C@@H](O)CCCC(=O)O. The number of rotatable bonds is 23. The van der Waals surface area contributed by atoms with E-state index in [1.54, 1.807) is 12.1 Å². The van der Waals surface area contributed by atoms with Crippen LogP contribution in [0.5, 0.6) is 0 Å². The minimum atomic E-state index is -0.996. The van der Waals surface area contributed by atoms with E-state index in [4.69, 9.17) is 10.2 Å². The molecule has 1 rings (SSSR count). The number of carbonyl (C=O) groups excluding carboxylic acids is 1. The van der Waals surface area contributed by atoms with Crippen LogP contribution in [0.3, 0.4) is 0 Å². The Labute approximate surface area is 226 Å². The monoisotopic (exact) mass is 534 g/mol. The zero-order valence-electron chi connectivity index (χ0n) is 22.4. The van der Waals surface area contributed by atoms with Crippen molar-refractivity contribution in [3.05, 3.63) is 42.0 Å². The van der Waals surface area contributed by atoms with Crippen molar-refractivity contribution in [3.63, 3.8) is 0 Å². The fourth-order valence-electron chi connectivity index (χ4n) is 4.09. The molecule has 0 saturated heterocycles. The maximum atomic E-state index is 12.1. The Kier molecular flexibility index (Phi) is 18.6. The van der Waals surface area contributed by atoms with E-state index in [2.05, 4.69) is 13.0 Å². The molecular formula is C30H46O6S. The minimum Gasteiger partial charge on any atom is -0.481 e. The molecule has 0 aliphatic rings. The lowest BCUT2D eigenvalue weighted by Crippen LogP contribution is -2.21. The van der Waals surface area contributed by atoms with Crippen LogP contribution in [-0.4, -0.2) is 44.4 Å². The molecule has 0 fully saturated rings. The van der Waals surface area contributed by atoms with Gasteiger partial charge in [-0.25, -0.2) is 0 Å². The summed E-state index contributed by atoms with van der Waals surface area (Å²) in [5.41, 5.74) is 0.473. The molecule has 0 radical (unpaired) electrons. The van der Waals surface area contributed by atoms with E-state index in [1.165, 1.54) is 69.5 Å². The number of carboxylic acids is 2. The summed E-state index contributed by atoms with van der Waals surface area (Å²) in [6.07, 6.45) is 17.9. The highest BCUT2D eigenvalue weighted by Gasteiger charge is 2.18. The van der Waals surface area contributed by atoms with Crippen molar-refractivity contribution in [3.8, 4) is 0 Å². The Morgan fingerprint density at radius 3 is 1.92 bits per heavy atom. The maximum absolute atomic E-state index is 12.1. The molecule has 0 saturated carbocycles. The smallest absolute Gasteiger partial charge is 0.303 e. The van der Waals surface area contributed by atoms with Gasteiger partial charge in [-0.1, -0.05) is 89.0 Å². The number of carboxylic acid groups (broad SMARTS) is 2. The number of allylic oxidation sites excluding steroid dienone is 1. The Hall–Kier alpha value is -2.12. The molecule has 208 valence electrons. The van der Waals surface area contributed by atoms with Gasteiger partial charge in [0.15, 0.2) is 5.78 Å². The van der Waals surface area contributed by atoms with Gasteiger partial charge in [-0.3, -0.25) is 14.4 Å². The quantitative estimate of drug-likeness (QED) is 0.0571. The number of hydrogen-bond donors (Lipinski definition) is 3. The summed E-state index contributed by atoms with van der Waals surface area (Å²) >= 11 is 1.49. The largest absolute Gasteiger partial charge is 0.481 e. The number of hydrogen-bond acceptors (Lipinski definition) is 5. The second kappa shape index (κ2) is 20.9. The van der Waals surface area contributed by atoms with E-state index in [0.717, 1.165) is 17.7 Å². The Morgan fingerprint density at radius 1 is 0.784 bits per heavy atom. The van der Waals surface area contributed by atoms with Gasteiger partial charge in [0.1, 0.15) is 0 Å². The van der Waals surface area contributed by atoms with Crippen LogP contribution in [0, 0.1) is 0 Å². The molecule has 0 bridgehead atoms. The van der Waals surface area contributed by atoms with E-state index in [9.17, 15) is 19.5 Å². The molecule has 0 spiro atoms. The molecule has 0 amide bonds. The molecule has 3 N–H and O–H groups in total. The van der Waals surface area contributed by atoms with Crippen molar-refractivity contribution in [1.29, 1.82) is 0 Å². The first-order chi connectivity index (χ1) is 17.8. The average Bonchev–Trinajstić information content (AvgIpc) is 2.87. The van der Waals surface area contributed by atoms with Gasteiger partial charge in [-0.05, 0) is 37.8 Å². The first-order valence-electron chi connectivity index (χ1n) is 13.9. The van der Waals surface area contributed by atoms with Gasteiger partial charge in [0, 0.05) is 23.3 Å². The van der Waals surface area contributed by atoms with Crippen LogP contribution >= 0.6 is 11.8 Å². The molecule has 2 atom stereocenters. The lowest BCUT2D eigenvalue weighted by molar-refractivity contribution is -0.138. The number of aliphatic hydroxyl groups is 1. The summed E-state index contributed by atoms with van der Waals surface area (Å²) < 4.78 is 0. The van der Waals surface area contributed by atoms with Crippen LogP contribution in [0.25, 0.3) is 0 Å². The molecule has 0 aliphatic heterocycles. The van der Waals surface area contributed by atoms with E-state index in [1.807, 2.05) is 18.2 Å². The summed E-state index contributed by atoms with van der Waals surface area (Å²) in [5.74, 6) is -2.07. The maximum Gasteiger partial charge on any atom is 0.303 e. The van der Waals surface area contributed by atoms with Gasteiger partial charge in [0.2, 0.25) is 0 Å². The first-order valence-corrected chi connectivity index (χ1v) is 14.8. The third-order valence-corrected chi connectivity index (χ3v) is 7.62. The second-order valence-electron chi connectivity index (χ2n) is 9.68. The molecule has 1 aromatic rings. The number of carbonyl (C=O) groups is 3. The number of ketones is 1. The number of Topliss-reactive ketones (excluding diaryl/α,β-unsaturated/α-hetero) is 1. The summed E-state index contributed by atoms with van der Waals surface area (Å²) in [5, 5.41) is 28.2. The number of aliphatic hydroxyl groups excluding tert-OH is 1. The second-order valence-corrected chi connectivity index (χ2v) is 10.9. The predicted octanol–water partition coefficient (Wildman–Crippen LogP) is 7.68. The van der Waals surface area contributed by atoms with Crippen molar-refractivity contribution >= 4 is 29.5 Å². The zero-order valence-corrected chi connectivity index (χ0v) is 23.2. The minimum absolute atomic E-state index is 0.0317. The lowest BCUT2D eigenvalue weighted by Gasteiger charge is -2.19. The third-order valence-electron chi connectivity index (χ3n) is 6.33. The van der Waals surface area contributed by atoms with Crippen LogP contribution in [-0.2, 0) is 9.59 Å². The Morgan fingerprint density at radius 2 is 1.35 bits per heavy atom. The highest BCUT2D eigenvalue weighted by molar-refractivity contribution is 8.00. The van der Waals surface area contributed by atoms with E-state index < -0.39 is 18.0 Å². The van der Waals surface area contributed by atoms with Gasteiger partial charge >= 0.3 is 11.9 Å². The highest BCUT2D eigenvalue weighted by atomic mass is 32.2. The Bertz CT molecular complexity index is 805. The first kappa shape index (κ1) is 32.9. The number of thioether (sulfide) groups is 1. The fourth-order valence-corrected chi connectivity index (χ4v) is 5.18. The molecule has 0 aliphatic carbocycles. The van der Waals surface area contributed by atoms with Crippen LogP contribution in [0.15, 0.2) is 41.3 Å². The third kappa shape index (κ3) is 17.1. The normalized spacial score (nSPS) is 13.0. The summed E-state index contributed by atoms with van der Waals surface area (Å²) in [6, 6.07) is 7.00. The van der Waals surface area contributed by atoms with Gasteiger partial charge in [0.25, 0.3) is 0 Å². The standard InChI is InChI=1S/C30H46O6S/c1-2-3-4-5-6-7-8-9-10-11-12-13-16-28(27(32)15-14-17-29(33)34)37-25-20-18-24(19-21-25)26(31)22-23-30(35)36/h13,16,18-21,27-28,32H,2-12,14-15,17,22-23H2,1H3,(H,33,34)(H,35,36)/t27-,28+/m0/s1. The van der Waals surface area contributed by atoms with Crippen molar-refractivity contribution in [2.75, 3.05) is 0 Å². The Balaban J connectivity index is 2.53. The number of benzene rings is 1. The topological polar surface area (TPSA) is 112 Å². The van der Waals surface area contributed by atoms with Gasteiger partial charge < -0.3 is 15.3 Å². The van der Waals surface area contributed by atoms with Crippen LogP contribution in [0.2, 0.25) is 0 Å². The van der Waals surface area contributed by atoms with Crippen LogP contribution in [0.4, 0.5) is 0 Å². The molecule has 37 heavy (non-hydrogen) atoms. The molecule has 7 heteroatoms. The van der Waals surface area contributed by atoms with Crippen LogP contribution in [0.1, 0.15) is 120 Å². The van der Waals surface area contributed by atoms with Crippen molar-refractivity contribution in [2.24, 2.45) is 0 Å². The van der Waals surface area contributed by atoms with Crippen LogP contribution < -0.4 is 0 Å². The van der Waals surface area contributed by atoms with Gasteiger partial charge in [-0.2, -0.15) is 0 Å². The number of unbranched alkanes of at least 4 members (excludes halogenated alkanes) is 10. The molecule has 0 heterocycles. The molecule has 1 aromatic carbocycles.